The minimum absolute atomic E-state index is 0.0569. The van der Waals surface area contributed by atoms with E-state index in [1.807, 2.05) is 6.07 Å². The fourth-order valence-corrected chi connectivity index (χ4v) is 4.11. The molecule has 0 aliphatic carbocycles. The predicted octanol–water partition coefficient (Wildman–Crippen LogP) is 4.79. The average molecular weight is 425 g/mol. The molecule has 4 heterocycles. The van der Waals surface area contributed by atoms with Crippen molar-refractivity contribution in [3.8, 4) is 11.3 Å². The number of alkyl halides is 3. The fraction of sp³-hybridized carbons (Fsp3) is 0.227. The number of hydrogen-bond acceptors (Lipinski definition) is 4. The molecule has 9 heteroatoms. The van der Waals surface area contributed by atoms with Crippen LogP contribution in [0.1, 0.15) is 12.0 Å². The Morgan fingerprint density at radius 1 is 1.10 bits per heavy atom. The lowest BCUT2D eigenvalue weighted by Gasteiger charge is -2.36. The number of carbonyl (C=O) groups excluding carboxylic acids is 1. The van der Waals surface area contributed by atoms with Crippen LogP contribution in [0.3, 0.4) is 0 Å². The molecule has 6 nitrogen and oxygen atoms in total. The summed E-state index contributed by atoms with van der Waals surface area (Å²) in [6.45, 7) is 1.49. The number of anilines is 3. The third kappa shape index (κ3) is 3.56. The van der Waals surface area contributed by atoms with Gasteiger partial charge < -0.3 is 10.2 Å². The second-order valence-corrected chi connectivity index (χ2v) is 7.54. The molecule has 158 valence electrons. The molecule has 1 atom stereocenters. The highest BCUT2D eigenvalue weighted by atomic mass is 19.4. The van der Waals surface area contributed by atoms with E-state index < -0.39 is 11.7 Å². The summed E-state index contributed by atoms with van der Waals surface area (Å²) in [6, 6.07) is 11.6. The van der Waals surface area contributed by atoms with Crippen LogP contribution < -0.4 is 15.1 Å². The van der Waals surface area contributed by atoms with Crippen LogP contribution in [0.2, 0.25) is 0 Å². The van der Waals surface area contributed by atoms with Gasteiger partial charge in [0.2, 0.25) is 0 Å². The lowest BCUT2D eigenvalue weighted by Crippen LogP contribution is -2.48. The minimum Gasteiger partial charge on any atom is -0.366 e. The molecule has 0 radical (unpaired) electrons. The molecule has 3 aromatic rings. The maximum Gasteiger partial charge on any atom is 0.416 e. The van der Waals surface area contributed by atoms with E-state index in [-0.39, 0.29) is 12.1 Å². The smallest absolute Gasteiger partial charge is 0.366 e. The molecule has 1 aromatic carbocycles. The average Bonchev–Trinajstić information content (AvgIpc) is 3.18. The number of nitrogens with zero attached hydrogens (tertiary/aromatic N) is 4. The molecule has 2 bridgehead atoms. The van der Waals surface area contributed by atoms with Crippen molar-refractivity contribution in [2.45, 2.75) is 18.6 Å². The molecule has 2 aliphatic rings. The summed E-state index contributed by atoms with van der Waals surface area (Å²) in [5.41, 5.74) is 1.40. The number of amides is 2. The van der Waals surface area contributed by atoms with Gasteiger partial charge in [0.05, 0.1) is 23.0 Å². The van der Waals surface area contributed by atoms with E-state index in [1.54, 1.807) is 41.6 Å². The van der Waals surface area contributed by atoms with Crippen LogP contribution in [0.25, 0.3) is 11.3 Å². The van der Waals surface area contributed by atoms with Crippen molar-refractivity contribution in [3.05, 3.63) is 66.5 Å². The number of pyridine rings is 2. The quantitative estimate of drug-likeness (QED) is 0.641. The maximum atomic E-state index is 13.1. The topological polar surface area (TPSA) is 61.4 Å². The monoisotopic (exact) mass is 425 g/mol. The van der Waals surface area contributed by atoms with Gasteiger partial charge in [0.25, 0.3) is 0 Å². The van der Waals surface area contributed by atoms with Crippen molar-refractivity contribution in [2.24, 2.45) is 0 Å². The van der Waals surface area contributed by atoms with Gasteiger partial charge in [-0.15, -0.1) is 0 Å². The molecule has 1 fully saturated rings. The summed E-state index contributed by atoms with van der Waals surface area (Å²) in [5.74, 6) is 0.454. The standard InChI is InChI=1S/C22H18F3N5O/c23-22(24,25)15-3-1-2-14(12-15)18-4-5-19-20(28-18)30(17-8-11-29(19)13-17)21(31)27-16-6-9-26-10-7-16/h1-7,9-10,12,17H,8,11,13H2,(H,26,27,31)/t17-/m1/s1. The van der Waals surface area contributed by atoms with Gasteiger partial charge in [0.1, 0.15) is 0 Å². The Bertz CT molecular complexity index is 1140. The summed E-state index contributed by atoms with van der Waals surface area (Å²) < 4.78 is 39.4. The molecule has 0 unspecified atom stereocenters. The Labute approximate surface area is 176 Å². The van der Waals surface area contributed by atoms with Gasteiger partial charge in [-0.3, -0.25) is 9.88 Å². The number of aromatic nitrogens is 2. The molecular weight excluding hydrogens is 407 g/mol. The number of urea groups is 1. The molecule has 5 rings (SSSR count). The Morgan fingerprint density at radius 3 is 2.68 bits per heavy atom. The van der Waals surface area contributed by atoms with E-state index in [0.717, 1.165) is 30.8 Å². The molecule has 0 spiro atoms. The van der Waals surface area contributed by atoms with Gasteiger partial charge in [-0.25, -0.2) is 9.78 Å². The Morgan fingerprint density at radius 2 is 1.90 bits per heavy atom. The largest absolute Gasteiger partial charge is 0.416 e. The highest BCUT2D eigenvalue weighted by molar-refractivity contribution is 6.04. The van der Waals surface area contributed by atoms with Gasteiger partial charge in [-0.1, -0.05) is 12.1 Å². The van der Waals surface area contributed by atoms with Crippen LogP contribution in [-0.4, -0.2) is 35.1 Å². The molecule has 1 N–H and O–H groups in total. The van der Waals surface area contributed by atoms with Crippen LogP contribution in [0.4, 0.5) is 35.2 Å². The van der Waals surface area contributed by atoms with E-state index in [9.17, 15) is 18.0 Å². The van der Waals surface area contributed by atoms with Crippen molar-refractivity contribution >= 4 is 23.2 Å². The Balaban J connectivity index is 1.54. The number of rotatable bonds is 2. The normalized spacial score (nSPS) is 17.5. The summed E-state index contributed by atoms with van der Waals surface area (Å²) >= 11 is 0. The first-order valence-electron chi connectivity index (χ1n) is 9.84. The van der Waals surface area contributed by atoms with Crippen molar-refractivity contribution < 1.29 is 18.0 Å². The second-order valence-electron chi connectivity index (χ2n) is 7.54. The van der Waals surface area contributed by atoms with Crippen LogP contribution in [0.5, 0.6) is 0 Å². The minimum atomic E-state index is -4.44. The molecule has 2 amide bonds. The highest BCUT2D eigenvalue weighted by Crippen LogP contribution is 2.41. The number of nitrogens with one attached hydrogen (secondary N) is 1. The van der Waals surface area contributed by atoms with E-state index in [4.69, 9.17) is 0 Å². The van der Waals surface area contributed by atoms with Crippen LogP contribution in [-0.2, 0) is 6.18 Å². The number of carbonyl (C=O) groups is 1. The highest BCUT2D eigenvalue weighted by Gasteiger charge is 2.40. The molecule has 1 saturated heterocycles. The van der Waals surface area contributed by atoms with Gasteiger partial charge in [0, 0.05) is 36.7 Å². The van der Waals surface area contributed by atoms with Gasteiger partial charge >= 0.3 is 12.2 Å². The molecular formula is C22H18F3N5O. The van der Waals surface area contributed by atoms with Crippen molar-refractivity contribution in [3.63, 3.8) is 0 Å². The molecule has 0 saturated carbocycles. The third-order valence-corrected chi connectivity index (χ3v) is 5.59. The van der Waals surface area contributed by atoms with E-state index in [0.29, 0.717) is 29.3 Å². The van der Waals surface area contributed by atoms with Crippen LogP contribution >= 0.6 is 0 Å². The first kappa shape index (κ1) is 19.3. The summed E-state index contributed by atoms with van der Waals surface area (Å²) in [4.78, 5) is 25.5. The third-order valence-electron chi connectivity index (χ3n) is 5.59. The number of fused-ring (bicyclic) bond motifs is 4. The van der Waals surface area contributed by atoms with Crippen molar-refractivity contribution in [2.75, 3.05) is 28.2 Å². The Kier molecular flexibility index (Phi) is 4.53. The predicted molar refractivity (Wildman–Crippen MR) is 111 cm³/mol. The lowest BCUT2D eigenvalue weighted by molar-refractivity contribution is -0.137. The lowest BCUT2D eigenvalue weighted by atomic mass is 10.1. The molecule has 31 heavy (non-hydrogen) atoms. The number of benzene rings is 1. The van der Waals surface area contributed by atoms with Gasteiger partial charge in [0.15, 0.2) is 5.82 Å². The van der Waals surface area contributed by atoms with E-state index in [2.05, 4.69) is 20.2 Å². The zero-order valence-corrected chi connectivity index (χ0v) is 16.3. The molecule has 2 aliphatic heterocycles. The van der Waals surface area contributed by atoms with Crippen LogP contribution in [0.15, 0.2) is 60.9 Å². The summed E-state index contributed by atoms with van der Waals surface area (Å²) in [6.07, 6.45) is -0.480. The zero-order chi connectivity index (χ0) is 21.6. The summed E-state index contributed by atoms with van der Waals surface area (Å²) in [5, 5.41) is 2.86. The van der Waals surface area contributed by atoms with E-state index >= 15 is 0 Å². The molecule has 2 aromatic heterocycles. The first-order valence-corrected chi connectivity index (χ1v) is 9.84. The summed E-state index contributed by atoms with van der Waals surface area (Å²) in [7, 11) is 0. The maximum absolute atomic E-state index is 13.1. The SMILES string of the molecule is O=C(Nc1ccncc1)N1c2nc(-c3cccc(C(F)(F)F)c3)ccc2N2CC[C@@H]1C2. The van der Waals surface area contributed by atoms with Crippen molar-refractivity contribution in [1.82, 2.24) is 9.97 Å². The Hall–Kier alpha value is -3.62. The van der Waals surface area contributed by atoms with Crippen molar-refractivity contribution in [1.29, 1.82) is 0 Å². The zero-order valence-electron chi connectivity index (χ0n) is 16.3. The second kappa shape index (κ2) is 7.26. The van der Waals surface area contributed by atoms with Crippen LogP contribution in [0, 0.1) is 0 Å². The number of hydrogen-bond donors (Lipinski definition) is 1. The van der Waals surface area contributed by atoms with Gasteiger partial charge in [-0.2, -0.15) is 13.2 Å². The first-order chi connectivity index (χ1) is 14.9. The number of halogens is 3. The fourth-order valence-electron chi connectivity index (χ4n) is 4.11. The van der Waals surface area contributed by atoms with Gasteiger partial charge in [-0.05, 0) is 42.8 Å². The van der Waals surface area contributed by atoms with E-state index in [1.165, 1.54) is 6.07 Å².